The van der Waals surface area contributed by atoms with E-state index in [9.17, 15) is 4.79 Å². The number of aryl methyl sites for hydroxylation is 1. The van der Waals surface area contributed by atoms with Crippen LogP contribution < -0.4 is 5.63 Å². The van der Waals surface area contributed by atoms with Gasteiger partial charge in [0, 0.05) is 23.9 Å². The second kappa shape index (κ2) is 5.09. The number of aliphatic imine (C=N–C) groups is 1. The number of benzene rings is 1. The van der Waals surface area contributed by atoms with E-state index in [0.717, 1.165) is 16.5 Å². The van der Waals surface area contributed by atoms with Crippen LogP contribution in [0.5, 0.6) is 0 Å². The van der Waals surface area contributed by atoms with Crippen LogP contribution in [0.25, 0.3) is 11.0 Å². The van der Waals surface area contributed by atoms with Gasteiger partial charge in [0.05, 0.1) is 0 Å². The molecule has 0 radical (unpaired) electrons. The Kier molecular flexibility index (Phi) is 3.13. The first-order chi connectivity index (χ1) is 9.72. The lowest BCUT2D eigenvalue weighted by atomic mass is 10.1. The normalized spacial score (nSPS) is 11.2. The third-order valence-electron chi connectivity index (χ3n) is 2.97. The molecule has 3 aromatic rings. The molecule has 2 heterocycles. The lowest BCUT2D eigenvalue weighted by molar-refractivity contribution is 0.560. The van der Waals surface area contributed by atoms with Gasteiger partial charge >= 0.3 is 5.63 Å². The molecule has 0 saturated heterocycles. The number of pyridine rings is 1. The van der Waals surface area contributed by atoms with Gasteiger partial charge in [-0.3, -0.25) is 0 Å². The maximum atomic E-state index is 11.4. The molecule has 0 amide bonds. The SMILES string of the molecule is Cc1cc(=O)oc2cc(C=Nc3ccccn3)ccc12. The quantitative estimate of drug-likeness (QED) is 0.527. The Morgan fingerprint density at radius 1 is 1.20 bits per heavy atom. The fourth-order valence-corrected chi connectivity index (χ4v) is 1.99. The number of hydrogen-bond donors (Lipinski definition) is 0. The minimum Gasteiger partial charge on any atom is -0.423 e. The number of nitrogens with zero attached hydrogens (tertiary/aromatic N) is 2. The van der Waals surface area contributed by atoms with Crippen LogP contribution in [0, 0.1) is 6.92 Å². The second-order valence-corrected chi connectivity index (χ2v) is 4.45. The van der Waals surface area contributed by atoms with Crippen molar-refractivity contribution in [2.45, 2.75) is 6.92 Å². The maximum absolute atomic E-state index is 11.4. The Balaban J connectivity index is 2.01. The second-order valence-electron chi connectivity index (χ2n) is 4.45. The summed E-state index contributed by atoms with van der Waals surface area (Å²) in [6.45, 7) is 1.89. The topological polar surface area (TPSA) is 55.5 Å². The molecule has 1 aromatic carbocycles. The Hall–Kier alpha value is -2.75. The van der Waals surface area contributed by atoms with Gasteiger partial charge in [0.2, 0.25) is 0 Å². The molecular formula is C16H12N2O2. The summed E-state index contributed by atoms with van der Waals surface area (Å²) in [6, 6.07) is 12.7. The van der Waals surface area contributed by atoms with Crippen LogP contribution in [0.15, 0.2) is 62.9 Å². The molecule has 0 unspecified atom stereocenters. The van der Waals surface area contributed by atoms with Gasteiger partial charge in [0.15, 0.2) is 5.82 Å². The highest BCUT2D eigenvalue weighted by Crippen LogP contribution is 2.17. The molecule has 0 aliphatic heterocycles. The zero-order valence-corrected chi connectivity index (χ0v) is 10.9. The van der Waals surface area contributed by atoms with E-state index < -0.39 is 0 Å². The van der Waals surface area contributed by atoms with Gasteiger partial charge in [-0.25, -0.2) is 14.8 Å². The highest BCUT2D eigenvalue weighted by Gasteiger charge is 2.02. The van der Waals surface area contributed by atoms with Crippen molar-refractivity contribution in [3.8, 4) is 0 Å². The monoisotopic (exact) mass is 264 g/mol. The molecule has 98 valence electrons. The third-order valence-corrected chi connectivity index (χ3v) is 2.97. The summed E-state index contributed by atoms with van der Waals surface area (Å²) in [4.78, 5) is 19.8. The lowest BCUT2D eigenvalue weighted by Crippen LogP contribution is -1.98. The van der Waals surface area contributed by atoms with E-state index in [1.54, 1.807) is 18.5 Å². The molecule has 0 aliphatic rings. The van der Waals surface area contributed by atoms with Gasteiger partial charge in [-0.1, -0.05) is 18.2 Å². The minimum absolute atomic E-state index is 0.339. The maximum Gasteiger partial charge on any atom is 0.336 e. The lowest BCUT2D eigenvalue weighted by Gasteiger charge is -2.01. The summed E-state index contributed by atoms with van der Waals surface area (Å²) < 4.78 is 5.20. The number of rotatable bonds is 2. The molecule has 0 N–H and O–H groups in total. The summed E-state index contributed by atoms with van der Waals surface area (Å²) in [5.74, 6) is 0.637. The average Bonchev–Trinajstić information content (AvgIpc) is 2.45. The van der Waals surface area contributed by atoms with Crippen LogP contribution in [0.3, 0.4) is 0 Å². The summed E-state index contributed by atoms with van der Waals surface area (Å²) in [5.41, 5.74) is 2.00. The van der Waals surface area contributed by atoms with Crippen LogP contribution in [0.4, 0.5) is 5.82 Å². The fraction of sp³-hybridized carbons (Fsp3) is 0.0625. The van der Waals surface area contributed by atoms with Gasteiger partial charge in [0.25, 0.3) is 0 Å². The number of aromatic nitrogens is 1. The van der Waals surface area contributed by atoms with Gasteiger partial charge < -0.3 is 4.42 Å². The van der Waals surface area contributed by atoms with Crippen LogP contribution in [-0.4, -0.2) is 11.2 Å². The van der Waals surface area contributed by atoms with Gasteiger partial charge in [-0.05, 0) is 36.2 Å². The van der Waals surface area contributed by atoms with Gasteiger partial charge in [-0.15, -0.1) is 0 Å². The van der Waals surface area contributed by atoms with Crippen LogP contribution >= 0.6 is 0 Å². The molecule has 3 rings (SSSR count). The van der Waals surface area contributed by atoms with E-state index in [-0.39, 0.29) is 5.63 Å². The molecule has 0 atom stereocenters. The van der Waals surface area contributed by atoms with Crippen LogP contribution in [-0.2, 0) is 0 Å². The van der Waals surface area contributed by atoms with Gasteiger partial charge in [0.1, 0.15) is 5.58 Å². The Labute approximate surface area is 115 Å². The molecule has 2 aromatic heterocycles. The van der Waals surface area contributed by atoms with E-state index in [1.165, 1.54) is 6.07 Å². The van der Waals surface area contributed by atoms with E-state index in [0.29, 0.717) is 11.4 Å². The van der Waals surface area contributed by atoms with Crippen molar-refractivity contribution in [3.63, 3.8) is 0 Å². The molecule has 20 heavy (non-hydrogen) atoms. The zero-order chi connectivity index (χ0) is 13.9. The standard InChI is InChI=1S/C16H12N2O2/c1-11-8-16(19)20-14-9-12(5-6-13(11)14)10-18-15-4-2-3-7-17-15/h2-10H,1H3. The van der Waals surface area contributed by atoms with Crippen molar-refractivity contribution >= 4 is 23.0 Å². The summed E-state index contributed by atoms with van der Waals surface area (Å²) in [7, 11) is 0. The van der Waals surface area contributed by atoms with E-state index in [1.807, 2.05) is 37.3 Å². The largest absolute Gasteiger partial charge is 0.423 e. The number of hydrogen-bond acceptors (Lipinski definition) is 4. The van der Waals surface area contributed by atoms with Crippen molar-refractivity contribution in [1.82, 2.24) is 4.98 Å². The molecule has 0 spiro atoms. The first-order valence-electron chi connectivity index (χ1n) is 6.22. The van der Waals surface area contributed by atoms with Crippen LogP contribution in [0.1, 0.15) is 11.1 Å². The molecular weight excluding hydrogens is 252 g/mol. The summed E-state index contributed by atoms with van der Waals surface area (Å²) >= 11 is 0. The summed E-state index contributed by atoms with van der Waals surface area (Å²) in [5, 5.41) is 0.930. The van der Waals surface area contributed by atoms with E-state index >= 15 is 0 Å². The Morgan fingerprint density at radius 2 is 2.10 bits per heavy atom. The molecule has 0 aliphatic carbocycles. The molecule has 0 saturated carbocycles. The first kappa shape index (κ1) is 12.3. The van der Waals surface area contributed by atoms with Crippen molar-refractivity contribution < 1.29 is 4.42 Å². The Morgan fingerprint density at radius 3 is 2.90 bits per heavy atom. The van der Waals surface area contributed by atoms with Gasteiger partial charge in [-0.2, -0.15) is 0 Å². The van der Waals surface area contributed by atoms with E-state index in [4.69, 9.17) is 4.42 Å². The third kappa shape index (κ3) is 2.49. The molecule has 0 bridgehead atoms. The molecule has 0 fully saturated rings. The highest BCUT2D eigenvalue weighted by molar-refractivity contribution is 5.89. The van der Waals surface area contributed by atoms with Crippen molar-refractivity contribution in [3.05, 3.63) is 70.2 Å². The first-order valence-corrected chi connectivity index (χ1v) is 6.22. The van der Waals surface area contributed by atoms with Crippen molar-refractivity contribution in [2.24, 2.45) is 4.99 Å². The predicted octanol–water partition coefficient (Wildman–Crippen LogP) is 3.25. The number of fused-ring (bicyclic) bond motifs is 1. The van der Waals surface area contributed by atoms with Crippen molar-refractivity contribution in [1.29, 1.82) is 0 Å². The zero-order valence-electron chi connectivity index (χ0n) is 10.9. The molecule has 4 nitrogen and oxygen atoms in total. The Bertz CT molecular complexity index is 836. The fourth-order valence-electron chi connectivity index (χ4n) is 1.99. The van der Waals surface area contributed by atoms with Crippen molar-refractivity contribution in [2.75, 3.05) is 0 Å². The van der Waals surface area contributed by atoms with E-state index in [2.05, 4.69) is 9.98 Å². The highest BCUT2D eigenvalue weighted by atomic mass is 16.4. The minimum atomic E-state index is -0.339. The summed E-state index contributed by atoms with van der Waals surface area (Å²) in [6.07, 6.45) is 3.39. The predicted molar refractivity (Wildman–Crippen MR) is 78.7 cm³/mol. The smallest absolute Gasteiger partial charge is 0.336 e. The molecule has 4 heteroatoms. The average molecular weight is 264 g/mol. The van der Waals surface area contributed by atoms with Crippen LogP contribution in [0.2, 0.25) is 0 Å².